The first-order chi connectivity index (χ1) is 12.1. The Bertz CT molecular complexity index is 772. The lowest BCUT2D eigenvalue weighted by atomic mass is 10.1. The number of phenols is 1. The van der Waals surface area contributed by atoms with Gasteiger partial charge in [0.15, 0.2) is 18.1 Å². The van der Waals surface area contributed by atoms with Crippen molar-refractivity contribution in [3.63, 3.8) is 0 Å². The first-order valence-electron chi connectivity index (χ1n) is 7.69. The van der Waals surface area contributed by atoms with Crippen molar-refractivity contribution in [1.29, 1.82) is 0 Å². The maximum absolute atomic E-state index is 11.8. The molecule has 0 fully saturated rings. The van der Waals surface area contributed by atoms with Crippen molar-refractivity contribution in [2.75, 3.05) is 13.4 Å². The highest BCUT2D eigenvalue weighted by Gasteiger charge is 2.14. The highest BCUT2D eigenvalue weighted by molar-refractivity contribution is 5.81. The molecule has 0 saturated carbocycles. The van der Waals surface area contributed by atoms with Crippen molar-refractivity contribution in [3.05, 3.63) is 53.6 Å². The molecule has 1 amide bonds. The van der Waals surface area contributed by atoms with Crippen LogP contribution < -0.4 is 14.8 Å². The van der Waals surface area contributed by atoms with Gasteiger partial charge in [-0.05, 0) is 35.4 Å². The van der Waals surface area contributed by atoms with E-state index in [4.69, 9.17) is 14.2 Å². The molecule has 25 heavy (non-hydrogen) atoms. The van der Waals surface area contributed by atoms with E-state index in [1.54, 1.807) is 24.3 Å². The third kappa shape index (κ3) is 4.63. The number of fused-ring (bicyclic) bond motifs is 1. The van der Waals surface area contributed by atoms with Crippen molar-refractivity contribution < 1.29 is 28.9 Å². The Morgan fingerprint density at radius 1 is 1.04 bits per heavy atom. The summed E-state index contributed by atoms with van der Waals surface area (Å²) in [4.78, 5) is 23.5. The molecule has 1 heterocycles. The van der Waals surface area contributed by atoms with Gasteiger partial charge in [0, 0.05) is 6.54 Å². The van der Waals surface area contributed by atoms with Gasteiger partial charge >= 0.3 is 5.97 Å². The molecule has 0 bridgehead atoms. The summed E-state index contributed by atoms with van der Waals surface area (Å²) in [7, 11) is 0. The van der Waals surface area contributed by atoms with Crippen LogP contribution in [0.1, 0.15) is 11.1 Å². The number of phenolic OH excluding ortho intramolecular Hbond substituents is 1. The average molecular weight is 343 g/mol. The number of aromatic hydroxyl groups is 1. The number of hydrogen-bond donors (Lipinski definition) is 2. The van der Waals surface area contributed by atoms with Crippen LogP contribution in [0.5, 0.6) is 17.2 Å². The van der Waals surface area contributed by atoms with Gasteiger partial charge in [-0.15, -0.1) is 0 Å². The Hall–Kier alpha value is -3.22. The number of ether oxygens (including phenoxy) is 3. The van der Waals surface area contributed by atoms with Gasteiger partial charge in [0.2, 0.25) is 6.79 Å². The summed E-state index contributed by atoms with van der Waals surface area (Å²) < 4.78 is 15.4. The molecule has 0 atom stereocenters. The van der Waals surface area contributed by atoms with Gasteiger partial charge in [0.05, 0.1) is 6.42 Å². The minimum Gasteiger partial charge on any atom is -0.508 e. The average Bonchev–Trinajstić information content (AvgIpc) is 3.08. The summed E-state index contributed by atoms with van der Waals surface area (Å²) in [6.07, 6.45) is 0.0374. The van der Waals surface area contributed by atoms with E-state index in [0.717, 1.165) is 5.56 Å². The van der Waals surface area contributed by atoms with Crippen molar-refractivity contribution in [2.45, 2.75) is 13.0 Å². The van der Waals surface area contributed by atoms with Crippen LogP contribution in [0.15, 0.2) is 42.5 Å². The van der Waals surface area contributed by atoms with Gasteiger partial charge in [0.25, 0.3) is 5.91 Å². The molecule has 0 spiro atoms. The van der Waals surface area contributed by atoms with Gasteiger partial charge in [-0.1, -0.05) is 18.2 Å². The van der Waals surface area contributed by atoms with Crippen LogP contribution in [0.3, 0.4) is 0 Å². The Kier molecular flexibility index (Phi) is 5.03. The van der Waals surface area contributed by atoms with E-state index in [-0.39, 0.29) is 25.6 Å². The maximum Gasteiger partial charge on any atom is 0.310 e. The fraction of sp³-hybridized carbons (Fsp3) is 0.222. The fourth-order valence-electron chi connectivity index (χ4n) is 2.28. The van der Waals surface area contributed by atoms with E-state index in [2.05, 4.69) is 5.32 Å². The molecule has 2 N–H and O–H groups in total. The van der Waals surface area contributed by atoms with Crippen LogP contribution in [0.2, 0.25) is 0 Å². The Balaban J connectivity index is 1.40. The fourth-order valence-corrected chi connectivity index (χ4v) is 2.28. The van der Waals surface area contributed by atoms with E-state index < -0.39 is 11.9 Å². The van der Waals surface area contributed by atoms with Gasteiger partial charge in [-0.2, -0.15) is 0 Å². The largest absolute Gasteiger partial charge is 0.508 e. The molecule has 7 nitrogen and oxygen atoms in total. The summed E-state index contributed by atoms with van der Waals surface area (Å²) in [5.41, 5.74) is 1.55. The molecule has 0 radical (unpaired) electrons. The highest BCUT2D eigenvalue weighted by Crippen LogP contribution is 2.32. The quantitative estimate of drug-likeness (QED) is 0.773. The van der Waals surface area contributed by atoms with Gasteiger partial charge in [-0.3, -0.25) is 9.59 Å². The Morgan fingerprint density at radius 3 is 2.56 bits per heavy atom. The molecule has 1 aliphatic rings. The van der Waals surface area contributed by atoms with E-state index >= 15 is 0 Å². The van der Waals surface area contributed by atoms with Gasteiger partial charge in [-0.25, -0.2) is 0 Å². The molecule has 0 aliphatic carbocycles. The Morgan fingerprint density at radius 2 is 1.76 bits per heavy atom. The second-order valence-electron chi connectivity index (χ2n) is 5.47. The molecule has 2 aromatic carbocycles. The first kappa shape index (κ1) is 16.6. The van der Waals surface area contributed by atoms with Crippen LogP contribution in [-0.4, -0.2) is 30.4 Å². The molecule has 130 valence electrons. The zero-order valence-electron chi connectivity index (χ0n) is 13.4. The Labute approximate surface area is 144 Å². The molecular formula is C18H17NO6. The first-order valence-corrected chi connectivity index (χ1v) is 7.69. The predicted molar refractivity (Wildman–Crippen MR) is 87.2 cm³/mol. The molecule has 7 heteroatoms. The lowest BCUT2D eigenvalue weighted by Gasteiger charge is -2.07. The summed E-state index contributed by atoms with van der Waals surface area (Å²) in [6, 6.07) is 11.6. The number of nitrogens with one attached hydrogen (secondary N) is 1. The molecule has 0 unspecified atom stereocenters. The summed E-state index contributed by atoms with van der Waals surface area (Å²) >= 11 is 0. The second kappa shape index (κ2) is 7.57. The number of carbonyl (C=O) groups is 2. The lowest BCUT2D eigenvalue weighted by Crippen LogP contribution is -2.28. The van der Waals surface area contributed by atoms with Crippen molar-refractivity contribution in [3.8, 4) is 17.2 Å². The van der Waals surface area contributed by atoms with Gasteiger partial charge < -0.3 is 24.6 Å². The third-order valence-electron chi connectivity index (χ3n) is 3.58. The van der Waals surface area contributed by atoms with Crippen molar-refractivity contribution >= 4 is 11.9 Å². The number of hydrogen-bond acceptors (Lipinski definition) is 6. The number of amides is 1. The van der Waals surface area contributed by atoms with E-state index in [0.29, 0.717) is 23.6 Å². The van der Waals surface area contributed by atoms with E-state index in [1.165, 1.54) is 12.1 Å². The minimum absolute atomic E-state index is 0.0374. The normalized spacial score (nSPS) is 11.8. The maximum atomic E-state index is 11.8. The molecule has 0 aromatic heterocycles. The van der Waals surface area contributed by atoms with Crippen LogP contribution in [-0.2, 0) is 27.3 Å². The van der Waals surface area contributed by atoms with E-state index in [1.807, 2.05) is 6.07 Å². The summed E-state index contributed by atoms with van der Waals surface area (Å²) in [5.74, 6) is 0.547. The van der Waals surface area contributed by atoms with Crippen LogP contribution in [0.4, 0.5) is 0 Å². The van der Waals surface area contributed by atoms with Crippen LogP contribution in [0, 0.1) is 0 Å². The predicted octanol–water partition coefficient (Wildman–Crippen LogP) is 1.52. The SMILES string of the molecule is O=C(COC(=O)Cc1ccc(O)cc1)NCc1ccc2c(c1)OCO2. The zero-order valence-corrected chi connectivity index (χ0v) is 13.4. The molecule has 0 saturated heterocycles. The van der Waals surface area contributed by atoms with Crippen molar-refractivity contribution in [1.82, 2.24) is 5.32 Å². The summed E-state index contributed by atoms with van der Waals surface area (Å²) in [6.45, 7) is 0.147. The minimum atomic E-state index is -0.510. The highest BCUT2D eigenvalue weighted by atomic mass is 16.7. The zero-order chi connectivity index (χ0) is 17.6. The topological polar surface area (TPSA) is 94.1 Å². The number of carbonyl (C=O) groups excluding carboxylic acids is 2. The second-order valence-corrected chi connectivity index (χ2v) is 5.47. The van der Waals surface area contributed by atoms with Crippen LogP contribution in [0.25, 0.3) is 0 Å². The smallest absolute Gasteiger partial charge is 0.310 e. The van der Waals surface area contributed by atoms with E-state index in [9.17, 15) is 14.7 Å². The molecular weight excluding hydrogens is 326 g/mol. The molecule has 2 aromatic rings. The number of rotatable bonds is 6. The third-order valence-corrected chi connectivity index (χ3v) is 3.58. The van der Waals surface area contributed by atoms with Gasteiger partial charge in [0.1, 0.15) is 5.75 Å². The monoisotopic (exact) mass is 343 g/mol. The number of benzene rings is 2. The molecule has 1 aliphatic heterocycles. The summed E-state index contributed by atoms with van der Waals surface area (Å²) in [5, 5.41) is 11.9. The molecule has 3 rings (SSSR count). The lowest BCUT2D eigenvalue weighted by molar-refractivity contribution is -0.147. The van der Waals surface area contributed by atoms with Crippen molar-refractivity contribution in [2.24, 2.45) is 0 Å². The standard InChI is InChI=1S/C18H17NO6/c20-14-4-1-12(2-5-14)8-18(22)23-10-17(21)19-9-13-3-6-15-16(7-13)25-11-24-15/h1-7,20H,8-11H2,(H,19,21). The number of esters is 1. The van der Waals surface area contributed by atoms with Crippen LogP contribution >= 0.6 is 0 Å².